The van der Waals surface area contributed by atoms with E-state index >= 15 is 0 Å². The Kier molecular flexibility index (Phi) is 3.65. The summed E-state index contributed by atoms with van der Waals surface area (Å²) in [5, 5.41) is 8.72. The summed E-state index contributed by atoms with van der Waals surface area (Å²) in [7, 11) is 0. The molecule has 1 aliphatic rings. The molecule has 0 aromatic heterocycles. The minimum Gasteiger partial charge on any atom is -0.481 e. The number of hydrogen-bond acceptors (Lipinski definition) is 2. The summed E-state index contributed by atoms with van der Waals surface area (Å²) in [4.78, 5) is 24.5. The van der Waals surface area contributed by atoms with Crippen LogP contribution in [0.1, 0.15) is 24.5 Å². The number of hydrogen-bond donors (Lipinski definition) is 1. The second kappa shape index (κ2) is 5.21. The van der Waals surface area contributed by atoms with Crippen LogP contribution in [0.2, 0.25) is 0 Å². The van der Waals surface area contributed by atoms with Crippen LogP contribution in [0, 0.1) is 5.92 Å². The van der Waals surface area contributed by atoms with Crippen molar-refractivity contribution in [3.8, 4) is 0 Å². The largest absolute Gasteiger partial charge is 0.481 e. The minimum absolute atomic E-state index is 0.0631. The molecule has 18 heavy (non-hydrogen) atoms. The molecule has 1 aliphatic heterocycles. The average Bonchev–Trinajstić information content (AvgIpc) is 2.36. The topological polar surface area (TPSA) is 57.6 Å². The fourth-order valence-corrected chi connectivity index (χ4v) is 2.34. The van der Waals surface area contributed by atoms with Gasteiger partial charge in [-0.25, -0.2) is 0 Å². The van der Waals surface area contributed by atoms with Crippen molar-refractivity contribution in [2.24, 2.45) is 5.92 Å². The Bertz CT molecular complexity index is 470. The predicted octanol–water partition coefficient (Wildman–Crippen LogP) is 1.68. The molecule has 1 aromatic carbocycles. The second-order valence-corrected chi connectivity index (χ2v) is 4.78. The van der Waals surface area contributed by atoms with Gasteiger partial charge >= 0.3 is 5.97 Å². The molecule has 0 radical (unpaired) electrons. The highest BCUT2D eigenvalue weighted by Crippen LogP contribution is 2.20. The molecule has 1 atom stereocenters. The van der Waals surface area contributed by atoms with E-state index in [0.717, 1.165) is 6.42 Å². The molecule has 1 amide bonds. The maximum atomic E-state index is 12.1. The third-order valence-corrected chi connectivity index (χ3v) is 3.34. The van der Waals surface area contributed by atoms with Crippen molar-refractivity contribution in [3.63, 3.8) is 0 Å². The van der Waals surface area contributed by atoms with Crippen molar-refractivity contribution in [1.29, 1.82) is 0 Å². The molecule has 96 valence electrons. The zero-order valence-electron chi connectivity index (χ0n) is 10.4. The van der Waals surface area contributed by atoms with Crippen molar-refractivity contribution < 1.29 is 14.7 Å². The third kappa shape index (κ3) is 2.70. The van der Waals surface area contributed by atoms with Crippen molar-refractivity contribution in [1.82, 2.24) is 4.90 Å². The molecular weight excluding hydrogens is 230 g/mol. The predicted molar refractivity (Wildman–Crippen MR) is 67.0 cm³/mol. The summed E-state index contributed by atoms with van der Waals surface area (Å²) in [5.41, 5.74) is 2.45. The molecule has 0 spiro atoms. The van der Waals surface area contributed by atoms with Gasteiger partial charge in [0.05, 0.1) is 6.42 Å². The van der Waals surface area contributed by atoms with E-state index in [-0.39, 0.29) is 12.3 Å². The standard InChI is InChI=1S/C14H17NO3/c1-10(8-13(16)17)14(18)15-7-6-11-4-2-3-5-12(11)9-15/h2-5,10H,6-9H2,1H3,(H,16,17). The van der Waals surface area contributed by atoms with E-state index in [1.807, 2.05) is 18.2 Å². The Morgan fingerprint density at radius 3 is 2.67 bits per heavy atom. The number of carboxylic acids is 1. The normalized spacial score (nSPS) is 15.9. The van der Waals surface area contributed by atoms with E-state index in [1.54, 1.807) is 11.8 Å². The molecule has 2 rings (SSSR count). The SMILES string of the molecule is CC(CC(=O)O)C(=O)N1CCc2ccccc2C1. The van der Waals surface area contributed by atoms with Gasteiger partial charge in [0, 0.05) is 19.0 Å². The number of benzene rings is 1. The Morgan fingerprint density at radius 2 is 2.00 bits per heavy atom. The van der Waals surface area contributed by atoms with Crippen LogP contribution in [0.4, 0.5) is 0 Å². The molecule has 0 saturated carbocycles. The van der Waals surface area contributed by atoms with Crippen LogP contribution in [0.3, 0.4) is 0 Å². The Balaban J connectivity index is 2.04. The number of amides is 1. The molecule has 1 N–H and O–H groups in total. The second-order valence-electron chi connectivity index (χ2n) is 4.78. The maximum absolute atomic E-state index is 12.1. The molecular formula is C14H17NO3. The van der Waals surface area contributed by atoms with Gasteiger partial charge in [-0.15, -0.1) is 0 Å². The quantitative estimate of drug-likeness (QED) is 0.884. The molecule has 0 saturated heterocycles. The number of aliphatic carboxylic acids is 1. The first-order valence-electron chi connectivity index (χ1n) is 6.15. The van der Waals surface area contributed by atoms with Crippen molar-refractivity contribution >= 4 is 11.9 Å². The number of nitrogens with zero attached hydrogens (tertiary/aromatic N) is 1. The lowest BCUT2D eigenvalue weighted by Gasteiger charge is -2.30. The summed E-state index contributed by atoms with van der Waals surface area (Å²) in [6.45, 7) is 2.95. The fourth-order valence-electron chi connectivity index (χ4n) is 2.34. The van der Waals surface area contributed by atoms with Crippen LogP contribution < -0.4 is 0 Å². The Labute approximate surface area is 106 Å². The highest BCUT2D eigenvalue weighted by molar-refractivity contribution is 5.83. The molecule has 4 nitrogen and oxygen atoms in total. The maximum Gasteiger partial charge on any atom is 0.304 e. The van der Waals surface area contributed by atoms with E-state index in [2.05, 4.69) is 6.07 Å². The van der Waals surface area contributed by atoms with Gasteiger partial charge in [0.1, 0.15) is 0 Å². The highest BCUT2D eigenvalue weighted by atomic mass is 16.4. The van der Waals surface area contributed by atoms with Crippen molar-refractivity contribution in [3.05, 3.63) is 35.4 Å². The summed E-state index contributed by atoms with van der Waals surface area (Å²) < 4.78 is 0. The third-order valence-electron chi connectivity index (χ3n) is 3.34. The molecule has 0 fully saturated rings. The first-order valence-corrected chi connectivity index (χ1v) is 6.15. The average molecular weight is 247 g/mol. The monoisotopic (exact) mass is 247 g/mol. The highest BCUT2D eigenvalue weighted by Gasteiger charge is 2.25. The van der Waals surface area contributed by atoms with Crippen molar-refractivity contribution in [2.45, 2.75) is 26.3 Å². The van der Waals surface area contributed by atoms with Crippen LogP contribution in [0.5, 0.6) is 0 Å². The Morgan fingerprint density at radius 1 is 1.33 bits per heavy atom. The van der Waals surface area contributed by atoms with Crippen LogP contribution in [0.25, 0.3) is 0 Å². The van der Waals surface area contributed by atoms with Gasteiger partial charge in [-0.05, 0) is 17.5 Å². The van der Waals surface area contributed by atoms with E-state index in [4.69, 9.17) is 5.11 Å². The van der Waals surface area contributed by atoms with Gasteiger partial charge < -0.3 is 10.0 Å². The number of carbonyl (C=O) groups is 2. The molecule has 1 heterocycles. The van der Waals surface area contributed by atoms with E-state index in [1.165, 1.54) is 11.1 Å². The molecule has 4 heteroatoms. The van der Waals surface area contributed by atoms with Gasteiger partial charge in [0.2, 0.25) is 5.91 Å². The Hall–Kier alpha value is -1.84. The molecule has 0 bridgehead atoms. The lowest BCUT2D eigenvalue weighted by molar-refractivity contribution is -0.144. The van der Waals surface area contributed by atoms with Crippen LogP contribution in [-0.2, 0) is 22.6 Å². The first-order chi connectivity index (χ1) is 8.58. The van der Waals surface area contributed by atoms with Gasteiger partial charge in [-0.1, -0.05) is 31.2 Å². The van der Waals surface area contributed by atoms with E-state index in [9.17, 15) is 9.59 Å². The van der Waals surface area contributed by atoms with E-state index < -0.39 is 11.9 Å². The number of carboxylic acid groups (broad SMARTS) is 1. The number of rotatable bonds is 3. The zero-order valence-corrected chi connectivity index (χ0v) is 10.4. The summed E-state index contributed by atoms with van der Waals surface area (Å²) in [6, 6.07) is 8.07. The smallest absolute Gasteiger partial charge is 0.304 e. The van der Waals surface area contributed by atoms with Gasteiger partial charge in [0.15, 0.2) is 0 Å². The van der Waals surface area contributed by atoms with Gasteiger partial charge in [-0.2, -0.15) is 0 Å². The summed E-state index contributed by atoms with van der Waals surface area (Å²) in [5.74, 6) is -1.44. The number of carbonyl (C=O) groups excluding carboxylic acids is 1. The minimum atomic E-state index is -0.923. The lowest BCUT2D eigenvalue weighted by Crippen LogP contribution is -2.39. The molecule has 1 aromatic rings. The first kappa shape index (κ1) is 12.6. The van der Waals surface area contributed by atoms with Crippen molar-refractivity contribution in [2.75, 3.05) is 6.54 Å². The van der Waals surface area contributed by atoms with Crippen LogP contribution in [0.15, 0.2) is 24.3 Å². The van der Waals surface area contributed by atoms with Crippen LogP contribution >= 0.6 is 0 Å². The van der Waals surface area contributed by atoms with Gasteiger partial charge in [-0.3, -0.25) is 9.59 Å². The zero-order chi connectivity index (χ0) is 13.1. The van der Waals surface area contributed by atoms with E-state index in [0.29, 0.717) is 13.1 Å². The van der Waals surface area contributed by atoms with Gasteiger partial charge in [0.25, 0.3) is 0 Å². The van der Waals surface area contributed by atoms with Crippen LogP contribution in [-0.4, -0.2) is 28.4 Å². The fraction of sp³-hybridized carbons (Fsp3) is 0.429. The number of fused-ring (bicyclic) bond motifs is 1. The summed E-state index contributed by atoms with van der Waals surface area (Å²) >= 11 is 0. The molecule has 0 aliphatic carbocycles. The summed E-state index contributed by atoms with van der Waals surface area (Å²) in [6.07, 6.45) is 0.749. The molecule has 1 unspecified atom stereocenters. The lowest BCUT2D eigenvalue weighted by atomic mass is 9.98.